The number of guanidine groups is 1. The standard InChI is InChI=1S/C20H20F3N5O2S/c1-12(29)25-9-14-7-8-17(30-14)16-11-31-19(27-16)28-18(24)26-10-15(20(21,22)23)13-5-3-2-4-6-13/h2-8,11,15H,9-10H2,1H3,(H,25,29)(H3,24,26,27,28). The highest BCUT2D eigenvalue weighted by Crippen LogP contribution is 2.35. The molecule has 1 aromatic carbocycles. The summed E-state index contributed by atoms with van der Waals surface area (Å²) >= 11 is 1.20. The first kappa shape index (κ1) is 22.3. The van der Waals surface area contributed by atoms with E-state index in [0.29, 0.717) is 22.3 Å². The third kappa shape index (κ3) is 6.32. The van der Waals surface area contributed by atoms with E-state index in [4.69, 9.17) is 10.2 Å². The van der Waals surface area contributed by atoms with Crippen LogP contribution in [0, 0.1) is 0 Å². The van der Waals surface area contributed by atoms with E-state index in [1.807, 2.05) is 0 Å². The number of halogens is 3. The number of thiazole rings is 1. The molecule has 0 spiro atoms. The van der Waals surface area contributed by atoms with Crippen molar-refractivity contribution in [2.75, 3.05) is 11.9 Å². The van der Waals surface area contributed by atoms with E-state index in [1.165, 1.54) is 30.4 Å². The number of carbonyl (C=O) groups is 1. The van der Waals surface area contributed by atoms with Gasteiger partial charge in [0.2, 0.25) is 5.91 Å². The van der Waals surface area contributed by atoms with Crippen molar-refractivity contribution in [1.29, 1.82) is 0 Å². The monoisotopic (exact) mass is 451 g/mol. The summed E-state index contributed by atoms with van der Waals surface area (Å²) in [6, 6.07) is 11.0. The van der Waals surface area contributed by atoms with E-state index in [1.54, 1.807) is 35.7 Å². The van der Waals surface area contributed by atoms with Crippen LogP contribution in [-0.2, 0) is 11.3 Å². The highest BCUT2D eigenvalue weighted by Gasteiger charge is 2.40. The molecular weight excluding hydrogens is 431 g/mol. The van der Waals surface area contributed by atoms with Crippen LogP contribution in [-0.4, -0.2) is 29.6 Å². The van der Waals surface area contributed by atoms with Gasteiger partial charge in [0.05, 0.1) is 19.0 Å². The molecule has 0 bridgehead atoms. The van der Waals surface area contributed by atoms with Crippen molar-refractivity contribution in [3.8, 4) is 11.5 Å². The first-order valence-electron chi connectivity index (χ1n) is 9.20. The minimum absolute atomic E-state index is 0.121. The topological polar surface area (TPSA) is 106 Å². The normalized spacial score (nSPS) is 13.1. The SMILES string of the molecule is CC(=O)NCc1ccc(-c2csc(NC(N)=NCC(c3ccccc3)C(F)(F)F)n2)o1. The van der Waals surface area contributed by atoms with E-state index >= 15 is 0 Å². The Bertz CT molecular complexity index is 1050. The summed E-state index contributed by atoms with van der Waals surface area (Å²) in [6.45, 7) is 1.12. The number of aliphatic imine (C=N–C) groups is 1. The van der Waals surface area contributed by atoms with Gasteiger partial charge in [-0.3, -0.25) is 9.79 Å². The van der Waals surface area contributed by atoms with Gasteiger partial charge in [0.15, 0.2) is 16.9 Å². The first-order chi connectivity index (χ1) is 14.7. The van der Waals surface area contributed by atoms with Crippen molar-refractivity contribution in [3.63, 3.8) is 0 Å². The molecule has 1 atom stereocenters. The van der Waals surface area contributed by atoms with Gasteiger partial charge in [-0.25, -0.2) is 4.98 Å². The van der Waals surface area contributed by atoms with Gasteiger partial charge in [-0.1, -0.05) is 30.3 Å². The fraction of sp³-hybridized carbons (Fsp3) is 0.250. The minimum Gasteiger partial charge on any atom is -0.458 e. The van der Waals surface area contributed by atoms with Crippen molar-refractivity contribution in [2.24, 2.45) is 10.7 Å². The predicted molar refractivity (Wildman–Crippen MR) is 113 cm³/mol. The van der Waals surface area contributed by atoms with E-state index in [0.717, 1.165) is 0 Å². The van der Waals surface area contributed by atoms with E-state index in [9.17, 15) is 18.0 Å². The number of nitrogens with two attached hydrogens (primary N) is 1. The Morgan fingerprint density at radius 1 is 1.26 bits per heavy atom. The van der Waals surface area contributed by atoms with Crippen LogP contribution in [0.5, 0.6) is 0 Å². The number of furan rings is 1. The second-order valence-electron chi connectivity index (χ2n) is 6.57. The van der Waals surface area contributed by atoms with Gasteiger partial charge in [0, 0.05) is 12.3 Å². The number of carbonyl (C=O) groups excluding carboxylic acids is 1. The van der Waals surface area contributed by atoms with Gasteiger partial charge >= 0.3 is 6.18 Å². The molecule has 0 radical (unpaired) electrons. The number of hydrogen-bond donors (Lipinski definition) is 3. The fourth-order valence-electron chi connectivity index (χ4n) is 2.69. The molecule has 2 heterocycles. The summed E-state index contributed by atoms with van der Waals surface area (Å²) in [5.74, 6) is -1.05. The van der Waals surface area contributed by atoms with Crippen LogP contribution in [0.2, 0.25) is 0 Å². The van der Waals surface area contributed by atoms with Crippen LogP contribution in [0.3, 0.4) is 0 Å². The summed E-state index contributed by atoms with van der Waals surface area (Å²) in [6.07, 6.45) is -4.45. The lowest BCUT2D eigenvalue weighted by molar-refractivity contribution is -0.148. The van der Waals surface area contributed by atoms with Crippen LogP contribution in [0.15, 0.2) is 57.3 Å². The Balaban J connectivity index is 1.64. The molecular formula is C20H20F3N5O2S. The second kappa shape index (κ2) is 9.65. The number of alkyl halides is 3. The molecule has 31 heavy (non-hydrogen) atoms. The maximum atomic E-state index is 13.4. The van der Waals surface area contributed by atoms with Gasteiger partial charge in [-0.05, 0) is 17.7 Å². The van der Waals surface area contributed by atoms with Gasteiger partial charge in [0.25, 0.3) is 0 Å². The van der Waals surface area contributed by atoms with Crippen molar-refractivity contribution in [1.82, 2.24) is 10.3 Å². The van der Waals surface area contributed by atoms with Gasteiger partial charge in [-0.15, -0.1) is 11.3 Å². The molecule has 0 saturated heterocycles. The molecule has 0 fully saturated rings. The first-order valence-corrected chi connectivity index (χ1v) is 10.1. The molecule has 0 aliphatic rings. The third-order valence-corrected chi connectivity index (χ3v) is 4.96. The highest BCUT2D eigenvalue weighted by molar-refractivity contribution is 7.14. The van der Waals surface area contributed by atoms with Crippen LogP contribution in [0.25, 0.3) is 11.5 Å². The maximum Gasteiger partial charge on any atom is 0.397 e. The molecule has 0 aliphatic carbocycles. The Morgan fingerprint density at radius 2 is 2.00 bits per heavy atom. The molecule has 3 rings (SSSR count). The Labute approximate surface area is 180 Å². The molecule has 1 unspecified atom stereocenters. The van der Waals surface area contributed by atoms with Crippen LogP contribution < -0.4 is 16.4 Å². The zero-order chi connectivity index (χ0) is 22.4. The lowest BCUT2D eigenvalue weighted by Crippen LogP contribution is -2.27. The molecule has 164 valence electrons. The third-order valence-electron chi connectivity index (χ3n) is 4.21. The Hall–Kier alpha value is -3.34. The number of nitrogens with one attached hydrogen (secondary N) is 2. The van der Waals surface area contributed by atoms with Crippen molar-refractivity contribution >= 4 is 28.3 Å². The highest BCUT2D eigenvalue weighted by atomic mass is 32.1. The Kier molecular flexibility index (Phi) is 6.95. The number of rotatable bonds is 7. The smallest absolute Gasteiger partial charge is 0.397 e. The summed E-state index contributed by atoms with van der Waals surface area (Å²) in [5.41, 5.74) is 6.41. The summed E-state index contributed by atoms with van der Waals surface area (Å²) in [4.78, 5) is 19.1. The maximum absolute atomic E-state index is 13.4. The number of anilines is 1. The molecule has 2 aromatic heterocycles. The van der Waals surface area contributed by atoms with Crippen molar-refractivity contribution in [3.05, 3.63) is 59.2 Å². The summed E-state index contributed by atoms with van der Waals surface area (Å²) in [5, 5.41) is 7.40. The second-order valence-corrected chi connectivity index (χ2v) is 7.43. The number of amides is 1. The predicted octanol–water partition coefficient (Wildman–Crippen LogP) is 4.11. The average Bonchev–Trinajstić information content (AvgIpc) is 3.35. The lowest BCUT2D eigenvalue weighted by atomic mass is 9.99. The molecule has 0 saturated carbocycles. The molecule has 1 amide bonds. The van der Waals surface area contributed by atoms with Gasteiger partial charge in [-0.2, -0.15) is 13.2 Å². The zero-order valence-electron chi connectivity index (χ0n) is 16.4. The fourth-order valence-corrected chi connectivity index (χ4v) is 3.40. The van der Waals surface area contributed by atoms with E-state index in [2.05, 4.69) is 20.6 Å². The lowest BCUT2D eigenvalue weighted by Gasteiger charge is -2.19. The van der Waals surface area contributed by atoms with Gasteiger partial charge in [0.1, 0.15) is 11.5 Å². The van der Waals surface area contributed by atoms with Gasteiger partial charge < -0.3 is 20.8 Å². The van der Waals surface area contributed by atoms with E-state index in [-0.39, 0.29) is 24.0 Å². The van der Waals surface area contributed by atoms with Crippen LogP contribution >= 0.6 is 11.3 Å². The molecule has 4 N–H and O–H groups in total. The van der Waals surface area contributed by atoms with Crippen molar-refractivity contribution in [2.45, 2.75) is 25.6 Å². The largest absolute Gasteiger partial charge is 0.458 e. The summed E-state index contributed by atoms with van der Waals surface area (Å²) in [7, 11) is 0. The molecule has 0 aliphatic heterocycles. The number of hydrogen-bond acceptors (Lipinski definition) is 5. The quantitative estimate of drug-likeness (QED) is 0.370. The van der Waals surface area contributed by atoms with Crippen LogP contribution in [0.4, 0.5) is 18.3 Å². The number of aromatic nitrogens is 1. The number of benzene rings is 1. The Morgan fingerprint density at radius 3 is 2.68 bits per heavy atom. The van der Waals surface area contributed by atoms with Crippen molar-refractivity contribution < 1.29 is 22.4 Å². The molecule has 11 heteroatoms. The molecule has 7 nitrogen and oxygen atoms in total. The molecule has 3 aromatic rings. The zero-order valence-corrected chi connectivity index (χ0v) is 17.3. The number of nitrogens with zero attached hydrogens (tertiary/aromatic N) is 2. The minimum atomic E-state index is -4.45. The summed E-state index contributed by atoms with van der Waals surface area (Å²) < 4.78 is 45.8. The van der Waals surface area contributed by atoms with E-state index < -0.39 is 18.6 Å². The average molecular weight is 451 g/mol. The van der Waals surface area contributed by atoms with Crippen LogP contribution in [0.1, 0.15) is 24.2 Å².